The van der Waals surface area contributed by atoms with Gasteiger partial charge in [-0.25, -0.2) is 0 Å². The van der Waals surface area contributed by atoms with Gasteiger partial charge in [-0.15, -0.1) is 0 Å². The topological polar surface area (TPSA) is 93.9 Å². The van der Waals surface area contributed by atoms with Crippen LogP contribution in [-0.4, -0.2) is 30.7 Å². The van der Waals surface area contributed by atoms with Gasteiger partial charge in [-0.2, -0.15) is 0 Å². The predicted molar refractivity (Wildman–Crippen MR) is 109 cm³/mol. The van der Waals surface area contributed by atoms with E-state index in [1.54, 1.807) is 18.2 Å². The van der Waals surface area contributed by atoms with Crippen molar-refractivity contribution in [1.29, 1.82) is 0 Å². The predicted octanol–water partition coefficient (Wildman–Crippen LogP) is 4.14. The van der Waals surface area contributed by atoms with Gasteiger partial charge in [0.05, 0.1) is 15.6 Å². The lowest BCUT2D eigenvalue weighted by Crippen LogP contribution is -2.38. The summed E-state index contributed by atoms with van der Waals surface area (Å²) in [7, 11) is 0. The van der Waals surface area contributed by atoms with Gasteiger partial charge in [0.2, 0.25) is 12.7 Å². The van der Waals surface area contributed by atoms with Crippen molar-refractivity contribution in [1.82, 2.24) is 0 Å². The highest BCUT2D eigenvalue weighted by Gasteiger charge is 2.28. The Morgan fingerprint density at radius 3 is 2.62 bits per heavy atom. The molecule has 9 heteroatoms. The molecule has 152 valence electrons. The third-order valence-corrected chi connectivity index (χ3v) is 5.56. The fourth-order valence-corrected chi connectivity index (χ4v) is 4.19. The summed E-state index contributed by atoms with van der Waals surface area (Å²) in [4.78, 5) is 25.3. The fraction of sp³-hybridized carbons (Fsp3) is 0.350. The van der Waals surface area contributed by atoms with Gasteiger partial charge in [0.1, 0.15) is 0 Å². The number of anilines is 2. The second-order valence-electron chi connectivity index (χ2n) is 7.17. The first kappa shape index (κ1) is 19.3. The molecule has 8 nitrogen and oxygen atoms in total. The van der Waals surface area contributed by atoms with E-state index in [2.05, 4.69) is 10.2 Å². The first-order chi connectivity index (χ1) is 13.9. The van der Waals surface area contributed by atoms with E-state index in [1.807, 2.05) is 6.92 Å². The highest BCUT2D eigenvalue weighted by atomic mass is 35.5. The molecule has 0 spiro atoms. The van der Waals surface area contributed by atoms with Crippen molar-refractivity contribution in [2.75, 3.05) is 30.1 Å². The maximum absolute atomic E-state index is 12.7. The average Bonchev–Trinajstić information content (AvgIpc) is 3.15. The molecule has 2 heterocycles. The van der Waals surface area contributed by atoms with Gasteiger partial charge in [0.15, 0.2) is 11.5 Å². The van der Waals surface area contributed by atoms with Crippen LogP contribution in [0.2, 0.25) is 5.02 Å². The summed E-state index contributed by atoms with van der Waals surface area (Å²) in [6.45, 7) is 3.30. The number of nitro groups is 1. The van der Waals surface area contributed by atoms with Crippen LogP contribution in [0.4, 0.5) is 17.1 Å². The Labute approximate surface area is 172 Å². The number of hydrogen-bond acceptors (Lipinski definition) is 6. The summed E-state index contributed by atoms with van der Waals surface area (Å²) in [6, 6.07) is 8.23. The largest absolute Gasteiger partial charge is 0.454 e. The van der Waals surface area contributed by atoms with E-state index in [-0.39, 0.29) is 24.3 Å². The van der Waals surface area contributed by atoms with Crippen LogP contribution in [0.5, 0.6) is 11.5 Å². The maximum atomic E-state index is 12.7. The van der Waals surface area contributed by atoms with Gasteiger partial charge in [0, 0.05) is 42.9 Å². The van der Waals surface area contributed by atoms with E-state index in [0.717, 1.165) is 11.3 Å². The van der Waals surface area contributed by atoms with Crippen LogP contribution in [0, 0.1) is 23.0 Å². The summed E-state index contributed by atoms with van der Waals surface area (Å²) in [5.41, 5.74) is 2.21. The van der Waals surface area contributed by atoms with Crippen LogP contribution in [0.1, 0.15) is 18.4 Å². The number of carbonyl (C=O) groups excluding carboxylic acids is 1. The molecule has 0 unspecified atom stereocenters. The number of piperidine rings is 1. The highest BCUT2D eigenvalue weighted by molar-refractivity contribution is 6.33. The lowest BCUT2D eigenvalue weighted by molar-refractivity contribution is -0.384. The lowest BCUT2D eigenvalue weighted by Gasteiger charge is -2.34. The molecule has 0 bridgehead atoms. The Bertz CT molecular complexity index is 950. The van der Waals surface area contributed by atoms with Crippen molar-refractivity contribution >= 4 is 34.6 Å². The highest BCUT2D eigenvalue weighted by Crippen LogP contribution is 2.37. The van der Waals surface area contributed by atoms with Crippen molar-refractivity contribution in [3.8, 4) is 11.5 Å². The summed E-state index contributed by atoms with van der Waals surface area (Å²) in [6.07, 6.45) is 1.34. The molecule has 0 aromatic heterocycles. The molecular formula is C20H20ClN3O5. The molecule has 2 aromatic carbocycles. The van der Waals surface area contributed by atoms with E-state index < -0.39 is 4.92 Å². The van der Waals surface area contributed by atoms with Crippen LogP contribution in [-0.2, 0) is 4.79 Å². The maximum Gasteiger partial charge on any atom is 0.271 e. The Balaban J connectivity index is 1.39. The smallest absolute Gasteiger partial charge is 0.271 e. The second kappa shape index (κ2) is 7.79. The molecule has 2 aliphatic rings. The van der Waals surface area contributed by atoms with Crippen LogP contribution in [0.25, 0.3) is 0 Å². The molecule has 29 heavy (non-hydrogen) atoms. The van der Waals surface area contributed by atoms with Crippen molar-refractivity contribution in [2.24, 2.45) is 5.92 Å². The lowest BCUT2D eigenvalue weighted by atomic mass is 9.95. The van der Waals surface area contributed by atoms with E-state index in [4.69, 9.17) is 21.1 Å². The Morgan fingerprint density at radius 1 is 1.21 bits per heavy atom. The minimum absolute atomic E-state index is 0.0192. The third-order valence-electron chi connectivity index (χ3n) is 5.27. The number of ether oxygens (including phenoxy) is 2. The zero-order chi connectivity index (χ0) is 20.5. The van der Waals surface area contributed by atoms with Crippen LogP contribution < -0.4 is 19.7 Å². The SMILES string of the molecule is Cc1cc([N+](=O)[O-])cc(Cl)c1N1CCC(C(=O)Nc2ccc3c(c2)OCO3)CC1. The van der Waals surface area contributed by atoms with Gasteiger partial charge >= 0.3 is 0 Å². The van der Waals surface area contributed by atoms with Crippen LogP contribution in [0.3, 0.4) is 0 Å². The zero-order valence-electron chi connectivity index (χ0n) is 15.8. The van der Waals surface area contributed by atoms with E-state index in [1.165, 1.54) is 12.1 Å². The van der Waals surface area contributed by atoms with Gasteiger partial charge in [-0.3, -0.25) is 14.9 Å². The molecule has 1 saturated heterocycles. The summed E-state index contributed by atoms with van der Waals surface area (Å²) < 4.78 is 10.6. The van der Waals surface area contributed by atoms with Crippen molar-refractivity contribution < 1.29 is 19.2 Å². The molecule has 0 atom stereocenters. The van der Waals surface area contributed by atoms with Crippen LogP contribution >= 0.6 is 11.6 Å². The number of non-ortho nitro benzene ring substituents is 1. The van der Waals surface area contributed by atoms with E-state index >= 15 is 0 Å². The minimum Gasteiger partial charge on any atom is -0.454 e. The van der Waals surface area contributed by atoms with Crippen molar-refractivity contribution in [2.45, 2.75) is 19.8 Å². The number of benzene rings is 2. The molecule has 4 rings (SSSR count). The van der Waals surface area contributed by atoms with Crippen LogP contribution in [0.15, 0.2) is 30.3 Å². The van der Waals surface area contributed by atoms with Crippen molar-refractivity contribution in [3.05, 3.63) is 51.0 Å². The molecule has 0 saturated carbocycles. The number of fused-ring (bicyclic) bond motifs is 1. The number of nitrogens with one attached hydrogen (secondary N) is 1. The number of halogens is 1. The first-order valence-electron chi connectivity index (χ1n) is 9.32. The average molecular weight is 418 g/mol. The van der Waals surface area contributed by atoms with Gasteiger partial charge in [-0.05, 0) is 37.5 Å². The quantitative estimate of drug-likeness (QED) is 0.593. The Hall–Kier alpha value is -3.00. The number of nitrogens with zero attached hydrogens (tertiary/aromatic N) is 2. The van der Waals surface area contributed by atoms with E-state index in [0.29, 0.717) is 48.1 Å². The van der Waals surface area contributed by atoms with Gasteiger partial charge in [0.25, 0.3) is 5.69 Å². The second-order valence-corrected chi connectivity index (χ2v) is 7.58. The van der Waals surface area contributed by atoms with E-state index in [9.17, 15) is 14.9 Å². The van der Waals surface area contributed by atoms with Gasteiger partial charge in [-0.1, -0.05) is 11.6 Å². The number of carbonyl (C=O) groups is 1. The number of rotatable bonds is 4. The molecule has 0 aliphatic carbocycles. The number of nitro benzene ring substituents is 1. The van der Waals surface area contributed by atoms with Crippen molar-refractivity contribution in [3.63, 3.8) is 0 Å². The molecule has 0 radical (unpaired) electrons. The normalized spacial score (nSPS) is 16.0. The fourth-order valence-electron chi connectivity index (χ4n) is 3.81. The standard InChI is InChI=1S/C20H20ClN3O5/c1-12-8-15(24(26)27)10-16(21)19(12)23-6-4-13(5-7-23)20(25)22-14-2-3-17-18(9-14)29-11-28-17/h2-3,8-10,13H,4-7,11H2,1H3,(H,22,25). The summed E-state index contributed by atoms with van der Waals surface area (Å²) in [5, 5.41) is 14.3. The molecule has 1 N–H and O–H groups in total. The monoisotopic (exact) mass is 417 g/mol. The number of aryl methyl sites for hydroxylation is 1. The molecular weight excluding hydrogens is 398 g/mol. The number of hydrogen-bond donors (Lipinski definition) is 1. The zero-order valence-corrected chi connectivity index (χ0v) is 16.6. The molecule has 2 aliphatic heterocycles. The summed E-state index contributed by atoms with van der Waals surface area (Å²) in [5.74, 6) is 1.15. The molecule has 1 amide bonds. The van der Waals surface area contributed by atoms with Gasteiger partial charge < -0.3 is 19.7 Å². The summed E-state index contributed by atoms with van der Waals surface area (Å²) >= 11 is 6.32. The third kappa shape index (κ3) is 3.93. The molecule has 2 aromatic rings. The number of amides is 1. The Morgan fingerprint density at radius 2 is 1.93 bits per heavy atom. The first-order valence-corrected chi connectivity index (χ1v) is 9.70. The molecule has 1 fully saturated rings. The Kier molecular flexibility index (Phi) is 5.19. The minimum atomic E-state index is -0.449.